The van der Waals surface area contributed by atoms with E-state index in [4.69, 9.17) is 9.47 Å². The first-order valence-electron chi connectivity index (χ1n) is 11.1. The molecule has 1 saturated carbocycles. The lowest BCUT2D eigenvalue weighted by Gasteiger charge is -2.33. The van der Waals surface area contributed by atoms with Crippen molar-refractivity contribution in [1.29, 1.82) is 0 Å². The van der Waals surface area contributed by atoms with Crippen LogP contribution in [0.15, 0.2) is 18.2 Å². The fourth-order valence-corrected chi connectivity index (χ4v) is 4.59. The quantitative estimate of drug-likeness (QED) is 0.757. The highest BCUT2D eigenvalue weighted by Gasteiger charge is 2.39. The molecular weight excluding hydrogens is 380 g/mol. The third-order valence-electron chi connectivity index (χ3n) is 6.43. The maximum atomic E-state index is 13.0. The molecule has 2 amide bonds. The Morgan fingerprint density at radius 1 is 1.13 bits per heavy atom. The second-order valence-electron chi connectivity index (χ2n) is 9.77. The molecule has 0 spiro atoms. The number of carbonyl (C=O) groups is 2. The average Bonchev–Trinajstić information content (AvgIpc) is 3.15. The Bertz CT molecular complexity index is 757. The van der Waals surface area contributed by atoms with Crippen molar-refractivity contribution >= 4 is 17.5 Å². The number of nitrogens with zero attached hydrogens (tertiary/aromatic N) is 1. The van der Waals surface area contributed by atoms with Crippen molar-refractivity contribution in [1.82, 2.24) is 4.90 Å². The molecule has 1 aromatic carbocycles. The van der Waals surface area contributed by atoms with E-state index in [1.165, 1.54) is 0 Å². The highest BCUT2D eigenvalue weighted by Crippen LogP contribution is 2.45. The lowest BCUT2D eigenvalue weighted by molar-refractivity contribution is -0.138. The number of anilines is 1. The summed E-state index contributed by atoms with van der Waals surface area (Å²) in [5.74, 6) is 0.762. The fraction of sp³-hybridized carbons (Fsp3) is 0.667. The Morgan fingerprint density at radius 2 is 1.80 bits per heavy atom. The second kappa shape index (κ2) is 9.38. The Labute approximate surface area is 180 Å². The summed E-state index contributed by atoms with van der Waals surface area (Å²) in [6.45, 7) is 8.93. The van der Waals surface area contributed by atoms with Gasteiger partial charge in [0, 0.05) is 25.9 Å². The minimum atomic E-state index is -0.242. The fourth-order valence-electron chi connectivity index (χ4n) is 4.59. The number of amides is 2. The SMILES string of the molecule is COc1ccc(C(C)(C)C)cc1NC(=O)CC1(CC(=O)N2CCOCC2)CCCC1. The molecule has 2 aliphatic rings. The van der Waals surface area contributed by atoms with Crippen LogP contribution < -0.4 is 10.1 Å². The molecule has 6 nitrogen and oxygen atoms in total. The van der Waals surface area contributed by atoms with Crippen molar-refractivity contribution in [3.8, 4) is 5.75 Å². The van der Waals surface area contributed by atoms with Gasteiger partial charge in [0.25, 0.3) is 0 Å². The predicted octanol–water partition coefficient (Wildman–Crippen LogP) is 4.13. The molecular formula is C24H36N2O4. The van der Waals surface area contributed by atoms with Gasteiger partial charge in [0.05, 0.1) is 26.0 Å². The summed E-state index contributed by atoms with van der Waals surface area (Å²) in [7, 11) is 1.61. The summed E-state index contributed by atoms with van der Waals surface area (Å²) in [6, 6.07) is 5.94. The van der Waals surface area contributed by atoms with Crippen LogP contribution >= 0.6 is 0 Å². The van der Waals surface area contributed by atoms with E-state index in [9.17, 15) is 9.59 Å². The molecule has 0 atom stereocenters. The molecule has 0 unspecified atom stereocenters. The molecule has 2 fully saturated rings. The highest BCUT2D eigenvalue weighted by molar-refractivity contribution is 5.93. The van der Waals surface area contributed by atoms with Crippen molar-refractivity contribution in [3.63, 3.8) is 0 Å². The van der Waals surface area contributed by atoms with Crippen molar-refractivity contribution in [2.24, 2.45) is 5.41 Å². The van der Waals surface area contributed by atoms with E-state index in [1.54, 1.807) is 7.11 Å². The number of morpholine rings is 1. The van der Waals surface area contributed by atoms with Gasteiger partial charge >= 0.3 is 0 Å². The van der Waals surface area contributed by atoms with E-state index in [2.05, 4.69) is 26.1 Å². The van der Waals surface area contributed by atoms with Crippen LogP contribution in [-0.4, -0.2) is 50.1 Å². The topological polar surface area (TPSA) is 67.9 Å². The molecule has 1 aliphatic heterocycles. The van der Waals surface area contributed by atoms with E-state index >= 15 is 0 Å². The number of rotatable bonds is 6. The largest absolute Gasteiger partial charge is 0.495 e. The molecule has 1 aliphatic carbocycles. The van der Waals surface area contributed by atoms with Crippen LogP contribution in [0.1, 0.15) is 64.9 Å². The minimum Gasteiger partial charge on any atom is -0.495 e. The first-order valence-corrected chi connectivity index (χ1v) is 11.1. The maximum Gasteiger partial charge on any atom is 0.225 e. The van der Waals surface area contributed by atoms with Gasteiger partial charge in [-0.15, -0.1) is 0 Å². The van der Waals surface area contributed by atoms with Gasteiger partial charge in [0.1, 0.15) is 5.75 Å². The summed E-state index contributed by atoms with van der Waals surface area (Å²) in [6.07, 6.45) is 4.82. The Balaban J connectivity index is 1.70. The van der Waals surface area contributed by atoms with Crippen LogP contribution in [0.5, 0.6) is 5.75 Å². The Hall–Kier alpha value is -2.08. The minimum absolute atomic E-state index is 0.0248. The number of carbonyl (C=O) groups excluding carboxylic acids is 2. The van der Waals surface area contributed by atoms with E-state index in [1.807, 2.05) is 23.1 Å². The number of methoxy groups -OCH3 is 1. The Kier molecular flexibility index (Phi) is 7.06. The van der Waals surface area contributed by atoms with Gasteiger partial charge in [-0.05, 0) is 41.4 Å². The summed E-state index contributed by atoms with van der Waals surface area (Å²) < 4.78 is 10.8. The lowest BCUT2D eigenvalue weighted by Crippen LogP contribution is -2.43. The molecule has 0 aromatic heterocycles. The molecule has 3 rings (SSSR count). The molecule has 6 heteroatoms. The standard InChI is InChI=1S/C24H36N2O4/c1-23(2,3)18-7-8-20(29-4)19(15-18)25-21(27)16-24(9-5-6-10-24)17-22(28)26-11-13-30-14-12-26/h7-8,15H,5-6,9-14,16-17H2,1-4H3,(H,25,27). The summed E-state index contributed by atoms with van der Waals surface area (Å²) >= 11 is 0. The molecule has 0 bridgehead atoms. The molecule has 0 radical (unpaired) electrons. The molecule has 1 aromatic rings. The zero-order chi connectivity index (χ0) is 21.8. The first kappa shape index (κ1) is 22.6. The van der Waals surface area contributed by atoms with Crippen molar-refractivity contribution in [2.75, 3.05) is 38.7 Å². The van der Waals surface area contributed by atoms with Gasteiger partial charge < -0.3 is 19.7 Å². The van der Waals surface area contributed by atoms with Crippen molar-refractivity contribution in [2.45, 2.75) is 64.7 Å². The normalized spacial score (nSPS) is 18.9. The van der Waals surface area contributed by atoms with E-state index in [0.29, 0.717) is 50.6 Å². The third-order valence-corrected chi connectivity index (χ3v) is 6.43. The zero-order valence-corrected chi connectivity index (χ0v) is 18.9. The number of nitrogens with one attached hydrogen (secondary N) is 1. The molecule has 1 heterocycles. The number of ether oxygens (including phenoxy) is 2. The van der Waals surface area contributed by atoms with Crippen LogP contribution in [0, 0.1) is 5.41 Å². The third kappa shape index (κ3) is 5.54. The zero-order valence-electron chi connectivity index (χ0n) is 18.9. The average molecular weight is 417 g/mol. The highest BCUT2D eigenvalue weighted by atomic mass is 16.5. The molecule has 1 saturated heterocycles. The second-order valence-corrected chi connectivity index (χ2v) is 9.77. The van der Waals surface area contributed by atoms with E-state index in [0.717, 1.165) is 31.2 Å². The molecule has 166 valence electrons. The van der Waals surface area contributed by atoms with Gasteiger partial charge in [0.15, 0.2) is 0 Å². The van der Waals surface area contributed by atoms with Crippen molar-refractivity contribution < 1.29 is 19.1 Å². The van der Waals surface area contributed by atoms with Crippen LogP contribution in [-0.2, 0) is 19.7 Å². The first-order chi connectivity index (χ1) is 14.2. The van der Waals surface area contributed by atoms with Crippen LogP contribution in [0.2, 0.25) is 0 Å². The number of hydrogen-bond acceptors (Lipinski definition) is 4. The lowest BCUT2D eigenvalue weighted by atomic mass is 9.78. The molecule has 30 heavy (non-hydrogen) atoms. The van der Waals surface area contributed by atoms with Crippen molar-refractivity contribution in [3.05, 3.63) is 23.8 Å². The molecule has 1 N–H and O–H groups in total. The smallest absolute Gasteiger partial charge is 0.225 e. The van der Waals surface area contributed by atoms with Gasteiger partial charge in [-0.3, -0.25) is 9.59 Å². The van der Waals surface area contributed by atoms with Gasteiger partial charge in [-0.25, -0.2) is 0 Å². The number of hydrogen-bond donors (Lipinski definition) is 1. The predicted molar refractivity (Wildman–Crippen MR) is 118 cm³/mol. The monoisotopic (exact) mass is 416 g/mol. The Morgan fingerprint density at radius 3 is 2.40 bits per heavy atom. The summed E-state index contributed by atoms with van der Waals surface area (Å²) in [5, 5.41) is 3.07. The summed E-state index contributed by atoms with van der Waals surface area (Å²) in [4.78, 5) is 27.8. The van der Waals surface area contributed by atoms with Gasteiger partial charge in [-0.2, -0.15) is 0 Å². The summed E-state index contributed by atoms with van der Waals surface area (Å²) in [5.41, 5.74) is 1.57. The maximum absolute atomic E-state index is 13.0. The van der Waals surface area contributed by atoms with Crippen LogP contribution in [0.25, 0.3) is 0 Å². The number of benzene rings is 1. The van der Waals surface area contributed by atoms with Gasteiger partial charge in [0.2, 0.25) is 11.8 Å². The van der Waals surface area contributed by atoms with E-state index < -0.39 is 0 Å². The van der Waals surface area contributed by atoms with E-state index in [-0.39, 0.29) is 22.6 Å². The van der Waals surface area contributed by atoms with Crippen LogP contribution in [0.4, 0.5) is 5.69 Å². The van der Waals surface area contributed by atoms with Crippen LogP contribution in [0.3, 0.4) is 0 Å². The van der Waals surface area contributed by atoms with Gasteiger partial charge in [-0.1, -0.05) is 39.7 Å².